The number of carbonyl (C=O) groups excluding carboxylic acids is 1. The van der Waals surface area contributed by atoms with E-state index in [4.69, 9.17) is 10.00 Å². The maximum absolute atomic E-state index is 11.7. The summed E-state index contributed by atoms with van der Waals surface area (Å²) in [6.45, 7) is 5.40. The normalized spacial score (nSPS) is 10.8. The Labute approximate surface area is 127 Å². The zero-order chi connectivity index (χ0) is 15.5. The Kier molecular flexibility index (Phi) is 4.24. The summed E-state index contributed by atoms with van der Waals surface area (Å²) >= 11 is 1.31. The van der Waals surface area contributed by atoms with Crippen molar-refractivity contribution in [3.63, 3.8) is 0 Å². The molecule has 0 fully saturated rings. The van der Waals surface area contributed by atoms with Crippen LogP contribution >= 0.6 is 11.3 Å². The first kappa shape index (κ1) is 15.0. The van der Waals surface area contributed by atoms with Gasteiger partial charge in [-0.2, -0.15) is 5.26 Å². The molecule has 1 aromatic carbocycles. The quantitative estimate of drug-likeness (QED) is 0.908. The van der Waals surface area contributed by atoms with Crippen molar-refractivity contribution in [2.75, 3.05) is 5.32 Å². The molecule has 1 heterocycles. The Morgan fingerprint density at radius 2 is 2.19 bits per heavy atom. The molecule has 0 saturated heterocycles. The van der Waals surface area contributed by atoms with Crippen molar-refractivity contribution >= 4 is 22.6 Å². The molecule has 0 spiro atoms. The van der Waals surface area contributed by atoms with Crippen molar-refractivity contribution in [1.82, 2.24) is 4.98 Å². The average Bonchev–Trinajstić information content (AvgIpc) is 2.85. The monoisotopic (exact) mass is 301 g/mol. The highest BCUT2D eigenvalue weighted by molar-refractivity contribution is 7.14. The van der Waals surface area contributed by atoms with Gasteiger partial charge in [-0.05, 0) is 32.9 Å². The largest absolute Gasteiger partial charge is 0.444 e. The highest BCUT2D eigenvalue weighted by Gasteiger charge is 2.17. The molecule has 2 aromatic rings. The number of nitrogens with zero attached hydrogens (tertiary/aromatic N) is 2. The molecule has 0 bridgehead atoms. The standard InChI is InChI=1S/C15H15N3O2S/c1-15(2,3)20-14(19)18-13-17-12(9-21-13)11-6-4-5-10(7-11)8-16/h4-7,9H,1-3H3,(H,17,18,19). The molecule has 0 radical (unpaired) electrons. The lowest BCUT2D eigenvalue weighted by Crippen LogP contribution is -2.27. The second kappa shape index (κ2) is 5.94. The Bertz CT molecular complexity index is 695. The van der Waals surface area contributed by atoms with Gasteiger partial charge in [0.15, 0.2) is 5.13 Å². The van der Waals surface area contributed by atoms with Crippen molar-refractivity contribution in [3.8, 4) is 17.3 Å². The summed E-state index contributed by atoms with van der Waals surface area (Å²) in [7, 11) is 0. The fraction of sp³-hybridized carbons (Fsp3) is 0.267. The van der Waals surface area contributed by atoms with Gasteiger partial charge >= 0.3 is 6.09 Å². The molecule has 21 heavy (non-hydrogen) atoms. The van der Waals surface area contributed by atoms with Gasteiger partial charge in [-0.25, -0.2) is 9.78 Å². The first-order valence-electron chi connectivity index (χ1n) is 6.33. The second-order valence-corrected chi connectivity index (χ2v) is 6.22. The van der Waals surface area contributed by atoms with Crippen LogP contribution in [0.2, 0.25) is 0 Å². The zero-order valence-corrected chi connectivity index (χ0v) is 12.8. The Balaban J connectivity index is 2.11. The fourth-order valence-corrected chi connectivity index (χ4v) is 2.31. The number of thiazole rings is 1. The molecule has 108 valence electrons. The van der Waals surface area contributed by atoms with Gasteiger partial charge in [0.2, 0.25) is 0 Å². The molecule has 0 aliphatic rings. The van der Waals surface area contributed by atoms with Crippen LogP contribution in [0.15, 0.2) is 29.6 Å². The molecule has 1 amide bonds. The molecule has 5 nitrogen and oxygen atoms in total. The minimum absolute atomic E-state index is 0.460. The maximum atomic E-state index is 11.7. The van der Waals surface area contributed by atoms with E-state index >= 15 is 0 Å². The van der Waals surface area contributed by atoms with Crippen LogP contribution in [0.25, 0.3) is 11.3 Å². The summed E-state index contributed by atoms with van der Waals surface area (Å²) in [4.78, 5) is 16.0. The number of aromatic nitrogens is 1. The van der Waals surface area contributed by atoms with Crippen LogP contribution in [-0.2, 0) is 4.74 Å². The van der Waals surface area contributed by atoms with Crippen LogP contribution in [0.3, 0.4) is 0 Å². The number of hydrogen-bond acceptors (Lipinski definition) is 5. The third-order valence-electron chi connectivity index (χ3n) is 2.40. The maximum Gasteiger partial charge on any atom is 0.413 e. The summed E-state index contributed by atoms with van der Waals surface area (Å²) in [5.74, 6) is 0. The van der Waals surface area contributed by atoms with Crippen LogP contribution in [0.1, 0.15) is 26.3 Å². The lowest BCUT2D eigenvalue weighted by Gasteiger charge is -2.18. The van der Waals surface area contributed by atoms with Gasteiger partial charge in [-0.3, -0.25) is 5.32 Å². The molecule has 0 aliphatic heterocycles. The van der Waals surface area contributed by atoms with Gasteiger partial charge in [0.1, 0.15) is 5.60 Å². The van der Waals surface area contributed by atoms with Crippen LogP contribution in [0, 0.1) is 11.3 Å². The van der Waals surface area contributed by atoms with Gasteiger partial charge in [-0.1, -0.05) is 12.1 Å². The van der Waals surface area contributed by atoms with E-state index in [1.165, 1.54) is 11.3 Å². The predicted octanol–water partition coefficient (Wildman–Crippen LogP) is 4.03. The summed E-state index contributed by atoms with van der Waals surface area (Å²) in [5.41, 5.74) is 1.57. The fourth-order valence-electron chi connectivity index (χ4n) is 1.60. The average molecular weight is 301 g/mol. The number of nitriles is 1. The summed E-state index contributed by atoms with van der Waals surface area (Å²) in [6.07, 6.45) is -0.533. The number of rotatable bonds is 2. The lowest BCUT2D eigenvalue weighted by atomic mass is 10.1. The molecule has 0 atom stereocenters. The summed E-state index contributed by atoms with van der Waals surface area (Å²) < 4.78 is 5.17. The number of anilines is 1. The van der Waals surface area contributed by atoms with E-state index in [-0.39, 0.29) is 0 Å². The van der Waals surface area contributed by atoms with Gasteiger partial charge < -0.3 is 4.74 Å². The van der Waals surface area contributed by atoms with E-state index < -0.39 is 11.7 Å². The Morgan fingerprint density at radius 3 is 2.86 bits per heavy atom. The molecule has 0 aliphatic carbocycles. The Morgan fingerprint density at radius 1 is 1.43 bits per heavy atom. The van der Waals surface area contributed by atoms with E-state index in [9.17, 15) is 4.79 Å². The van der Waals surface area contributed by atoms with Crippen LogP contribution in [0.5, 0.6) is 0 Å². The van der Waals surface area contributed by atoms with Crippen molar-refractivity contribution in [2.45, 2.75) is 26.4 Å². The first-order valence-corrected chi connectivity index (χ1v) is 7.21. The van der Waals surface area contributed by atoms with E-state index in [1.807, 2.05) is 11.4 Å². The van der Waals surface area contributed by atoms with Crippen LogP contribution in [-0.4, -0.2) is 16.7 Å². The Hall–Kier alpha value is -2.39. The SMILES string of the molecule is CC(C)(C)OC(=O)Nc1nc(-c2cccc(C#N)c2)cs1. The molecule has 0 unspecified atom stereocenters. The first-order chi connectivity index (χ1) is 9.87. The predicted molar refractivity (Wildman–Crippen MR) is 82.1 cm³/mol. The number of ether oxygens (including phenoxy) is 1. The van der Waals surface area contributed by atoms with Crippen molar-refractivity contribution in [3.05, 3.63) is 35.2 Å². The number of carbonyl (C=O) groups is 1. The summed E-state index contributed by atoms with van der Waals surface area (Å²) in [5, 5.41) is 13.8. The van der Waals surface area contributed by atoms with E-state index in [1.54, 1.807) is 39.0 Å². The third kappa shape index (κ3) is 4.29. The summed E-state index contributed by atoms with van der Waals surface area (Å²) in [6, 6.07) is 9.24. The minimum Gasteiger partial charge on any atom is -0.444 e. The number of hydrogen-bond donors (Lipinski definition) is 1. The lowest BCUT2D eigenvalue weighted by molar-refractivity contribution is 0.0636. The third-order valence-corrected chi connectivity index (χ3v) is 3.16. The van der Waals surface area contributed by atoms with Crippen molar-refractivity contribution < 1.29 is 9.53 Å². The van der Waals surface area contributed by atoms with Gasteiger partial charge in [0, 0.05) is 10.9 Å². The van der Waals surface area contributed by atoms with E-state index in [2.05, 4.69) is 16.4 Å². The van der Waals surface area contributed by atoms with E-state index in [0.29, 0.717) is 16.4 Å². The number of amides is 1. The van der Waals surface area contributed by atoms with Crippen LogP contribution in [0.4, 0.5) is 9.93 Å². The molecule has 1 aromatic heterocycles. The molecule has 0 saturated carbocycles. The van der Waals surface area contributed by atoms with Crippen molar-refractivity contribution in [1.29, 1.82) is 5.26 Å². The molecule has 2 rings (SSSR count). The topological polar surface area (TPSA) is 75.0 Å². The van der Waals surface area contributed by atoms with E-state index in [0.717, 1.165) is 5.56 Å². The van der Waals surface area contributed by atoms with Gasteiger partial charge in [0.25, 0.3) is 0 Å². The smallest absolute Gasteiger partial charge is 0.413 e. The van der Waals surface area contributed by atoms with Gasteiger partial charge in [0.05, 0.1) is 17.3 Å². The zero-order valence-electron chi connectivity index (χ0n) is 12.0. The second-order valence-electron chi connectivity index (χ2n) is 5.36. The van der Waals surface area contributed by atoms with Crippen molar-refractivity contribution in [2.24, 2.45) is 0 Å². The molecule has 6 heteroatoms. The number of benzene rings is 1. The molecular weight excluding hydrogens is 286 g/mol. The van der Waals surface area contributed by atoms with Gasteiger partial charge in [-0.15, -0.1) is 11.3 Å². The number of nitrogens with one attached hydrogen (secondary N) is 1. The minimum atomic E-state index is -0.550. The van der Waals surface area contributed by atoms with Crippen LogP contribution < -0.4 is 5.32 Å². The highest BCUT2D eigenvalue weighted by atomic mass is 32.1. The molecule has 1 N–H and O–H groups in total. The molecular formula is C15H15N3O2S. The highest BCUT2D eigenvalue weighted by Crippen LogP contribution is 2.25.